The van der Waals surface area contributed by atoms with Crippen LogP contribution in [0, 0.1) is 17.8 Å². The van der Waals surface area contributed by atoms with Crippen LogP contribution in [0.3, 0.4) is 0 Å². The molecule has 0 aromatic heterocycles. The minimum atomic E-state index is 0.565. The van der Waals surface area contributed by atoms with E-state index >= 15 is 0 Å². The van der Waals surface area contributed by atoms with Gasteiger partial charge in [0.05, 0.1) is 0 Å². The summed E-state index contributed by atoms with van der Waals surface area (Å²) >= 11 is 4.42. The lowest BCUT2D eigenvalue weighted by Gasteiger charge is -2.17. The number of hydrogen-bond acceptors (Lipinski definition) is 1. The van der Waals surface area contributed by atoms with Gasteiger partial charge in [0.2, 0.25) is 0 Å². The van der Waals surface area contributed by atoms with Crippen LogP contribution in [0.1, 0.15) is 54.9 Å². The van der Waals surface area contributed by atoms with Crippen molar-refractivity contribution in [2.24, 2.45) is 17.8 Å². The van der Waals surface area contributed by atoms with Crippen molar-refractivity contribution < 1.29 is 0 Å². The van der Waals surface area contributed by atoms with Crippen LogP contribution in [0.15, 0.2) is 0 Å². The lowest BCUT2D eigenvalue weighted by atomic mass is 10.0. The molecule has 0 heterocycles. The molecule has 0 saturated heterocycles. The van der Waals surface area contributed by atoms with Gasteiger partial charge in [-0.15, -0.1) is 0 Å². The zero-order valence-corrected chi connectivity index (χ0v) is 11.4. The van der Waals surface area contributed by atoms with Crippen molar-refractivity contribution in [2.45, 2.75) is 60.1 Å². The number of thiol groups is 1. The summed E-state index contributed by atoms with van der Waals surface area (Å²) in [5.41, 5.74) is 0. The van der Waals surface area contributed by atoms with Crippen LogP contribution >= 0.6 is 12.6 Å². The Hall–Kier alpha value is 0.350. The fourth-order valence-corrected chi connectivity index (χ4v) is 0.770. The highest BCUT2D eigenvalue weighted by atomic mass is 32.1. The average molecular weight is 204 g/mol. The van der Waals surface area contributed by atoms with E-state index in [1.54, 1.807) is 0 Å². The van der Waals surface area contributed by atoms with Crippen molar-refractivity contribution in [3.8, 4) is 0 Å². The average Bonchev–Trinajstić information content (AvgIpc) is 2.03. The van der Waals surface area contributed by atoms with Crippen molar-refractivity contribution in [3.63, 3.8) is 0 Å². The van der Waals surface area contributed by atoms with Crippen LogP contribution in [0.5, 0.6) is 0 Å². The minimum absolute atomic E-state index is 0.565. The third-order valence-corrected chi connectivity index (χ3v) is 3.38. The van der Waals surface area contributed by atoms with E-state index < -0.39 is 0 Å². The molecule has 0 bridgehead atoms. The quantitative estimate of drug-likeness (QED) is 0.636. The lowest BCUT2D eigenvalue weighted by Crippen LogP contribution is -2.14. The van der Waals surface area contributed by atoms with Crippen molar-refractivity contribution >= 4 is 12.6 Å². The highest BCUT2D eigenvalue weighted by Gasteiger charge is 2.10. The van der Waals surface area contributed by atoms with E-state index in [4.69, 9.17) is 0 Å². The van der Waals surface area contributed by atoms with Gasteiger partial charge in [-0.2, -0.15) is 12.6 Å². The van der Waals surface area contributed by atoms with Crippen molar-refractivity contribution in [2.75, 3.05) is 0 Å². The zero-order chi connectivity index (χ0) is 11.0. The Bertz CT molecular complexity index is 87.3. The van der Waals surface area contributed by atoms with E-state index in [9.17, 15) is 0 Å². The van der Waals surface area contributed by atoms with Crippen LogP contribution in [0.2, 0.25) is 0 Å². The normalized spacial score (nSPS) is 11.1. The molecule has 0 N–H and O–H groups in total. The number of hydrogen-bond donors (Lipinski definition) is 1. The first kappa shape index (κ1) is 15.8. The highest BCUT2D eigenvalue weighted by Crippen LogP contribution is 2.17. The summed E-state index contributed by atoms with van der Waals surface area (Å²) in [4.78, 5) is 0. The Kier molecular flexibility index (Phi) is 10.9. The lowest BCUT2D eigenvalue weighted by molar-refractivity contribution is 0.490. The van der Waals surface area contributed by atoms with Crippen molar-refractivity contribution in [3.05, 3.63) is 0 Å². The van der Waals surface area contributed by atoms with Crippen molar-refractivity contribution in [1.82, 2.24) is 0 Å². The van der Waals surface area contributed by atoms with Crippen LogP contribution < -0.4 is 0 Å². The summed E-state index contributed by atoms with van der Waals surface area (Å²) in [6.45, 7) is 15.5. The second kappa shape index (κ2) is 8.93. The molecule has 0 aliphatic heterocycles. The third kappa shape index (κ3) is 12.4. The Morgan fingerprint density at radius 3 is 1.08 bits per heavy atom. The van der Waals surface area contributed by atoms with Gasteiger partial charge in [0.25, 0.3) is 0 Å². The summed E-state index contributed by atoms with van der Waals surface area (Å²) in [6, 6.07) is 0. The topological polar surface area (TPSA) is 0 Å². The molecule has 0 radical (unpaired) electrons. The molecule has 1 heteroatoms. The van der Waals surface area contributed by atoms with Gasteiger partial charge in [-0.1, -0.05) is 54.9 Å². The highest BCUT2D eigenvalue weighted by molar-refractivity contribution is 7.81. The molecule has 82 valence electrons. The molecule has 0 aliphatic rings. The molecule has 13 heavy (non-hydrogen) atoms. The maximum Gasteiger partial charge on any atom is 0.00628 e. The van der Waals surface area contributed by atoms with Crippen LogP contribution in [-0.4, -0.2) is 5.25 Å². The number of rotatable bonds is 3. The second-order valence-corrected chi connectivity index (χ2v) is 5.38. The maximum atomic E-state index is 4.42. The molecule has 0 nitrogen and oxygen atoms in total. The second-order valence-electron chi connectivity index (χ2n) is 4.78. The zero-order valence-electron chi connectivity index (χ0n) is 10.5. The Morgan fingerprint density at radius 1 is 0.846 bits per heavy atom. The molecule has 0 rings (SSSR count). The molecule has 0 spiro atoms. The van der Waals surface area contributed by atoms with Gasteiger partial charge in [0, 0.05) is 5.25 Å². The molecule has 0 fully saturated rings. The van der Waals surface area contributed by atoms with Crippen LogP contribution in [0.4, 0.5) is 0 Å². The standard InChI is InChI=1S/C7H16S.C5H12/c1-5(2)7(8)6(3)4;1-4-5(2)3/h5-8H,1-4H3;5H,4H2,1-3H3. The van der Waals surface area contributed by atoms with Gasteiger partial charge in [-0.05, 0) is 17.8 Å². The Balaban J connectivity index is 0. The summed E-state index contributed by atoms with van der Waals surface area (Å²) in [6.07, 6.45) is 1.31. The van der Waals surface area contributed by atoms with Gasteiger partial charge in [0.1, 0.15) is 0 Å². The summed E-state index contributed by atoms with van der Waals surface area (Å²) in [5, 5.41) is 0.565. The first-order valence-electron chi connectivity index (χ1n) is 5.50. The van der Waals surface area contributed by atoms with Crippen molar-refractivity contribution in [1.29, 1.82) is 0 Å². The first-order chi connectivity index (χ1) is 5.82. The van der Waals surface area contributed by atoms with Gasteiger partial charge >= 0.3 is 0 Å². The monoisotopic (exact) mass is 204 g/mol. The fourth-order valence-electron chi connectivity index (χ4n) is 0.770. The van der Waals surface area contributed by atoms with E-state index in [0.717, 1.165) is 5.92 Å². The summed E-state index contributed by atoms with van der Waals surface area (Å²) < 4.78 is 0. The smallest absolute Gasteiger partial charge is 0.00628 e. The predicted molar refractivity (Wildman–Crippen MR) is 67.6 cm³/mol. The molecule has 0 atom stereocenters. The molecule has 0 aromatic carbocycles. The predicted octanol–water partition coefficient (Wildman–Crippen LogP) is 4.65. The van der Waals surface area contributed by atoms with Gasteiger partial charge in [-0.25, -0.2) is 0 Å². The van der Waals surface area contributed by atoms with E-state index in [1.165, 1.54) is 6.42 Å². The SMILES string of the molecule is CC(C)C(S)C(C)C.CCC(C)C. The van der Waals surface area contributed by atoms with Crippen LogP contribution in [0.25, 0.3) is 0 Å². The molecule has 0 aliphatic carbocycles. The first-order valence-corrected chi connectivity index (χ1v) is 6.02. The molecule has 0 saturated carbocycles. The molecular weight excluding hydrogens is 176 g/mol. The molecule has 0 unspecified atom stereocenters. The largest absolute Gasteiger partial charge is 0.175 e. The van der Waals surface area contributed by atoms with E-state index in [1.807, 2.05) is 0 Å². The summed E-state index contributed by atoms with van der Waals surface area (Å²) in [5.74, 6) is 2.30. The van der Waals surface area contributed by atoms with Gasteiger partial charge < -0.3 is 0 Å². The molecule has 0 aromatic rings. The molecule has 0 amide bonds. The van der Waals surface area contributed by atoms with E-state index in [0.29, 0.717) is 17.1 Å². The van der Waals surface area contributed by atoms with Gasteiger partial charge in [0.15, 0.2) is 0 Å². The van der Waals surface area contributed by atoms with E-state index in [2.05, 4.69) is 61.1 Å². The third-order valence-electron chi connectivity index (χ3n) is 2.18. The fraction of sp³-hybridized carbons (Fsp3) is 1.00. The molecular formula is C12H28S. The van der Waals surface area contributed by atoms with Gasteiger partial charge in [-0.3, -0.25) is 0 Å². The van der Waals surface area contributed by atoms with E-state index in [-0.39, 0.29) is 0 Å². The Morgan fingerprint density at radius 2 is 1.08 bits per heavy atom. The van der Waals surface area contributed by atoms with Crippen LogP contribution in [-0.2, 0) is 0 Å². The summed E-state index contributed by atoms with van der Waals surface area (Å²) in [7, 11) is 0. The maximum absolute atomic E-state index is 4.42. The Labute approximate surface area is 90.9 Å². The minimum Gasteiger partial charge on any atom is -0.175 e.